The van der Waals surface area contributed by atoms with Gasteiger partial charge in [0.15, 0.2) is 0 Å². The molecule has 1 heterocycles. The minimum atomic E-state index is 0.681. The van der Waals surface area contributed by atoms with Crippen molar-refractivity contribution in [2.45, 2.75) is 64.7 Å². The zero-order valence-corrected chi connectivity index (χ0v) is 13.5. The van der Waals surface area contributed by atoms with E-state index in [0.717, 1.165) is 18.6 Å². The normalized spacial score (nSPS) is 12.5. The predicted molar refractivity (Wildman–Crippen MR) is 89.7 cm³/mol. The lowest BCUT2D eigenvalue weighted by Gasteiger charge is -2.12. The quantitative estimate of drug-likeness (QED) is 0.504. The SMILES string of the molecule is CCc1ccc(C(C)CCCCCCc2ccco2)cc1. The molecule has 1 unspecified atom stereocenters. The number of rotatable bonds is 9. The van der Waals surface area contributed by atoms with E-state index in [2.05, 4.69) is 44.2 Å². The van der Waals surface area contributed by atoms with Crippen molar-refractivity contribution in [3.8, 4) is 0 Å². The van der Waals surface area contributed by atoms with Crippen LogP contribution in [-0.4, -0.2) is 0 Å². The van der Waals surface area contributed by atoms with Crippen molar-refractivity contribution in [2.75, 3.05) is 0 Å². The van der Waals surface area contributed by atoms with Gasteiger partial charge in [0.1, 0.15) is 5.76 Å². The van der Waals surface area contributed by atoms with E-state index in [1.807, 2.05) is 6.07 Å². The molecule has 1 heteroatoms. The number of hydrogen-bond donors (Lipinski definition) is 0. The molecule has 0 fully saturated rings. The highest BCUT2D eigenvalue weighted by Crippen LogP contribution is 2.22. The Morgan fingerprint density at radius 1 is 0.952 bits per heavy atom. The second kappa shape index (κ2) is 8.71. The molecule has 0 N–H and O–H groups in total. The third-order valence-electron chi connectivity index (χ3n) is 4.35. The molecular formula is C20H28O. The molecule has 0 bridgehead atoms. The third kappa shape index (κ3) is 5.41. The van der Waals surface area contributed by atoms with Gasteiger partial charge < -0.3 is 4.42 Å². The van der Waals surface area contributed by atoms with E-state index < -0.39 is 0 Å². The molecule has 0 radical (unpaired) electrons. The van der Waals surface area contributed by atoms with Crippen LogP contribution in [0.4, 0.5) is 0 Å². The van der Waals surface area contributed by atoms with Gasteiger partial charge in [-0.05, 0) is 48.4 Å². The number of furan rings is 1. The molecule has 1 atom stereocenters. The highest BCUT2D eigenvalue weighted by atomic mass is 16.3. The fourth-order valence-electron chi connectivity index (χ4n) is 2.81. The van der Waals surface area contributed by atoms with Crippen LogP contribution < -0.4 is 0 Å². The van der Waals surface area contributed by atoms with Crippen molar-refractivity contribution in [3.63, 3.8) is 0 Å². The van der Waals surface area contributed by atoms with Gasteiger partial charge in [-0.1, -0.05) is 57.4 Å². The van der Waals surface area contributed by atoms with Gasteiger partial charge in [0.05, 0.1) is 6.26 Å². The van der Waals surface area contributed by atoms with Crippen LogP contribution in [0.1, 0.15) is 68.8 Å². The maximum absolute atomic E-state index is 5.35. The van der Waals surface area contributed by atoms with Gasteiger partial charge in [-0.15, -0.1) is 0 Å². The molecular weight excluding hydrogens is 256 g/mol. The maximum atomic E-state index is 5.35. The number of benzene rings is 1. The summed E-state index contributed by atoms with van der Waals surface area (Å²) >= 11 is 0. The van der Waals surface area contributed by atoms with E-state index in [4.69, 9.17) is 4.42 Å². The Balaban J connectivity index is 1.59. The van der Waals surface area contributed by atoms with Crippen LogP contribution in [-0.2, 0) is 12.8 Å². The van der Waals surface area contributed by atoms with Crippen molar-refractivity contribution in [2.24, 2.45) is 0 Å². The van der Waals surface area contributed by atoms with Crippen LogP contribution >= 0.6 is 0 Å². The van der Waals surface area contributed by atoms with E-state index >= 15 is 0 Å². The van der Waals surface area contributed by atoms with Crippen LogP contribution in [0.2, 0.25) is 0 Å². The molecule has 0 amide bonds. The summed E-state index contributed by atoms with van der Waals surface area (Å²) in [5.41, 5.74) is 2.92. The number of hydrogen-bond acceptors (Lipinski definition) is 1. The smallest absolute Gasteiger partial charge is 0.103 e. The van der Waals surface area contributed by atoms with Crippen molar-refractivity contribution in [3.05, 3.63) is 59.5 Å². The summed E-state index contributed by atoms with van der Waals surface area (Å²) in [4.78, 5) is 0. The van der Waals surface area contributed by atoms with Crippen LogP contribution in [0.25, 0.3) is 0 Å². The Morgan fingerprint density at radius 2 is 1.71 bits per heavy atom. The van der Waals surface area contributed by atoms with Crippen LogP contribution in [0.5, 0.6) is 0 Å². The Bertz CT molecular complexity index is 481. The van der Waals surface area contributed by atoms with Crippen molar-refractivity contribution >= 4 is 0 Å². The monoisotopic (exact) mass is 284 g/mol. The van der Waals surface area contributed by atoms with E-state index in [0.29, 0.717) is 5.92 Å². The van der Waals surface area contributed by atoms with Gasteiger partial charge in [0, 0.05) is 6.42 Å². The lowest BCUT2D eigenvalue weighted by Crippen LogP contribution is -1.94. The summed E-state index contributed by atoms with van der Waals surface area (Å²) < 4.78 is 5.35. The number of unbranched alkanes of at least 4 members (excludes halogenated alkanes) is 3. The molecule has 0 saturated heterocycles. The van der Waals surface area contributed by atoms with Crippen LogP contribution in [0.15, 0.2) is 47.1 Å². The van der Waals surface area contributed by atoms with Gasteiger partial charge in [-0.25, -0.2) is 0 Å². The van der Waals surface area contributed by atoms with Crippen molar-refractivity contribution in [1.29, 1.82) is 0 Å². The molecule has 1 nitrogen and oxygen atoms in total. The molecule has 0 aliphatic heterocycles. The minimum Gasteiger partial charge on any atom is -0.469 e. The molecule has 2 aromatic rings. The standard InChI is InChI=1S/C20H28O/c1-3-18-12-14-19(15-13-18)17(2)9-6-4-5-7-10-20-11-8-16-21-20/h8,11-17H,3-7,9-10H2,1-2H3. The summed E-state index contributed by atoms with van der Waals surface area (Å²) in [5.74, 6) is 1.81. The van der Waals surface area contributed by atoms with Gasteiger partial charge in [0.25, 0.3) is 0 Å². The lowest BCUT2D eigenvalue weighted by molar-refractivity contribution is 0.489. The van der Waals surface area contributed by atoms with E-state index in [1.165, 1.54) is 43.2 Å². The van der Waals surface area contributed by atoms with E-state index in [1.54, 1.807) is 6.26 Å². The Morgan fingerprint density at radius 3 is 2.38 bits per heavy atom. The second-order valence-corrected chi connectivity index (χ2v) is 6.03. The molecule has 114 valence electrons. The predicted octanol–water partition coefficient (Wildman–Crippen LogP) is 6.14. The highest BCUT2D eigenvalue weighted by Gasteiger charge is 2.05. The first-order valence-electron chi connectivity index (χ1n) is 8.41. The Labute approximate surface area is 129 Å². The summed E-state index contributed by atoms with van der Waals surface area (Å²) in [6, 6.07) is 13.2. The van der Waals surface area contributed by atoms with Gasteiger partial charge in [-0.3, -0.25) is 0 Å². The zero-order chi connectivity index (χ0) is 14.9. The Hall–Kier alpha value is -1.50. The van der Waals surface area contributed by atoms with Crippen LogP contribution in [0.3, 0.4) is 0 Å². The fourth-order valence-corrected chi connectivity index (χ4v) is 2.81. The van der Waals surface area contributed by atoms with Gasteiger partial charge >= 0.3 is 0 Å². The average molecular weight is 284 g/mol. The first-order valence-corrected chi connectivity index (χ1v) is 8.41. The molecule has 1 aromatic heterocycles. The summed E-state index contributed by atoms with van der Waals surface area (Å²) in [6.07, 6.45) is 10.5. The van der Waals surface area contributed by atoms with E-state index in [-0.39, 0.29) is 0 Å². The highest BCUT2D eigenvalue weighted by molar-refractivity contribution is 5.24. The Kier molecular flexibility index (Phi) is 6.59. The molecule has 21 heavy (non-hydrogen) atoms. The zero-order valence-electron chi connectivity index (χ0n) is 13.5. The van der Waals surface area contributed by atoms with E-state index in [9.17, 15) is 0 Å². The molecule has 0 aliphatic carbocycles. The van der Waals surface area contributed by atoms with Crippen molar-refractivity contribution in [1.82, 2.24) is 0 Å². The third-order valence-corrected chi connectivity index (χ3v) is 4.35. The summed E-state index contributed by atoms with van der Waals surface area (Å²) in [5, 5.41) is 0. The maximum Gasteiger partial charge on any atom is 0.103 e. The lowest BCUT2D eigenvalue weighted by atomic mass is 9.94. The first-order chi connectivity index (χ1) is 10.3. The summed E-state index contributed by atoms with van der Waals surface area (Å²) in [7, 11) is 0. The largest absolute Gasteiger partial charge is 0.469 e. The molecule has 1 aromatic carbocycles. The topological polar surface area (TPSA) is 13.1 Å². The van der Waals surface area contributed by atoms with Gasteiger partial charge in [-0.2, -0.15) is 0 Å². The molecule has 0 spiro atoms. The molecule has 0 aliphatic rings. The van der Waals surface area contributed by atoms with Gasteiger partial charge in [0.2, 0.25) is 0 Å². The molecule has 0 saturated carbocycles. The first kappa shape index (κ1) is 15.9. The number of aryl methyl sites for hydroxylation is 2. The second-order valence-electron chi connectivity index (χ2n) is 6.03. The summed E-state index contributed by atoms with van der Waals surface area (Å²) in [6.45, 7) is 4.56. The fraction of sp³-hybridized carbons (Fsp3) is 0.500. The van der Waals surface area contributed by atoms with Crippen molar-refractivity contribution < 1.29 is 4.42 Å². The minimum absolute atomic E-state index is 0.681. The average Bonchev–Trinajstić information content (AvgIpc) is 3.04. The van der Waals surface area contributed by atoms with Crippen LogP contribution in [0, 0.1) is 0 Å². The molecule has 2 rings (SSSR count).